The molecule has 1 N–H and O–H groups in total. The van der Waals surface area contributed by atoms with Gasteiger partial charge in [0.2, 0.25) is 0 Å². The number of rotatable bonds is 8. The normalized spacial score (nSPS) is 13.2. The van der Waals surface area contributed by atoms with Crippen LogP contribution in [0.1, 0.15) is 42.9 Å². The van der Waals surface area contributed by atoms with Gasteiger partial charge in [-0.05, 0) is 72.9 Å². The lowest BCUT2D eigenvalue weighted by atomic mass is 9.89. The van der Waals surface area contributed by atoms with Gasteiger partial charge in [0.15, 0.2) is 5.16 Å². The van der Waals surface area contributed by atoms with Gasteiger partial charge in [-0.2, -0.15) is 0 Å². The van der Waals surface area contributed by atoms with E-state index in [0.29, 0.717) is 17.1 Å². The lowest BCUT2D eigenvalue weighted by molar-refractivity contribution is 0.318. The average Bonchev–Trinajstić information content (AvgIpc) is 3.28. The number of H-pyrrole nitrogens is 1. The van der Waals surface area contributed by atoms with Gasteiger partial charge in [0.25, 0.3) is 5.56 Å². The molecule has 0 saturated carbocycles. The van der Waals surface area contributed by atoms with E-state index in [1.807, 2.05) is 12.1 Å². The zero-order chi connectivity index (χ0) is 22.6. The summed E-state index contributed by atoms with van der Waals surface area (Å²) < 4.78 is 5.83. The highest BCUT2D eigenvalue weighted by molar-refractivity contribution is 7.99. The minimum Gasteiger partial charge on any atom is -0.494 e. The third-order valence-electron chi connectivity index (χ3n) is 6.21. The number of benzene rings is 2. The number of thioether (sulfide) groups is 1. The Morgan fingerprint density at radius 1 is 1.09 bits per heavy atom. The number of hydrogen-bond donors (Lipinski definition) is 1. The molecule has 170 valence electrons. The fourth-order valence-electron chi connectivity index (χ4n) is 4.35. The Bertz CT molecular complexity index is 1310. The first-order chi connectivity index (χ1) is 16.2. The molecule has 1 aliphatic rings. The van der Waals surface area contributed by atoms with Crippen molar-refractivity contribution in [3.05, 3.63) is 74.9 Å². The molecule has 2 heterocycles. The molecule has 4 nitrogen and oxygen atoms in total. The van der Waals surface area contributed by atoms with Crippen LogP contribution in [0.3, 0.4) is 0 Å². The van der Waals surface area contributed by atoms with Gasteiger partial charge in [0.05, 0.1) is 12.0 Å². The Hall–Kier alpha value is -2.57. The summed E-state index contributed by atoms with van der Waals surface area (Å²) in [6.07, 6.45) is 6.74. The second kappa shape index (κ2) is 10.1. The quantitative estimate of drug-likeness (QED) is 0.176. The third-order valence-corrected chi connectivity index (χ3v) is 8.04. The maximum absolute atomic E-state index is 12.9. The second-order valence-electron chi connectivity index (χ2n) is 8.44. The van der Waals surface area contributed by atoms with Crippen LogP contribution in [-0.2, 0) is 19.3 Å². The summed E-state index contributed by atoms with van der Waals surface area (Å²) in [6, 6.07) is 14.9. The molecule has 2 aromatic heterocycles. The van der Waals surface area contributed by atoms with Crippen LogP contribution in [0.4, 0.5) is 0 Å². The van der Waals surface area contributed by atoms with Crippen LogP contribution in [-0.4, -0.2) is 22.3 Å². The van der Waals surface area contributed by atoms with Crippen LogP contribution in [0, 0.1) is 0 Å². The fourth-order valence-corrected chi connectivity index (χ4v) is 6.13. The molecule has 0 atom stereocenters. The Labute approximate surface area is 202 Å². The minimum atomic E-state index is -0.0521. The maximum atomic E-state index is 12.9. The molecule has 0 bridgehead atoms. The largest absolute Gasteiger partial charge is 0.494 e. The van der Waals surface area contributed by atoms with E-state index in [-0.39, 0.29) is 5.56 Å². The molecule has 1 aliphatic carbocycles. The van der Waals surface area contributed by atoms with Crippen molar-refractivity contribution < 1.29 is 4.74 Å². The number of hydrogen-bond acceptors (Lipinski definition) is 5. The SMILES string of the molecule is CCc1ccc(OCCCSc2nc3scc(-c4ccc5c(c4)CCCC5)c3c(=O)[nH]2)cc1. The van der Waals surface area contributed by atoms with E-state index in [1.54, 1.807) is 23.1 Å². The number of thiophene rings is 1. The van der Waals surface area contributed by atoms with E-state index in [1.165, 1.54) is 36.0 Å². The van der Waals surface area contributed by atoms with E-state index >= 15 is 0 Å². The first kappa shape index (κ1) is 22.2. The Kier molecular flexibility index (Phi) is 6.83. The van der Waals surface area contributed by atoms with Gasteiger partial charge < -0.3 is 9.72 Å². The summed E-state index contributed by atoms with van der Waals surface area (Å²) in [6.45, 7) is 2.79. The van der Waals surface area contributed by atoms with E-state index in [9.17, 15) is 4.79 Å². The molecule has 5 rings (SSSR count). The highest BCUT2D eigenvalue weighted by Gasteiger charge is 2.16. The van der Waals surface area contributed by atoms with Crippen LogP contribution in [0.15, 0.2) is 57.8 Å². The average molecular weight is 477 g/mol. The van der Waals surface area contributed by atoms with Gasteiger partial charge >= 0.3 is 0 Å². The van der Waals surface area contributed by atoms with E-state index in [0.717, 1.165) is 46.7 Å². The number of aromatic amines is 1. The molecule has 0 radical (unpaired) electrons. The van der Waals surface area contributed by atoms with Crippen LogP contribution in [0.2, 0.25) is 0 Å². The fraction of sp³-hybridized carbons (Fsp3) is 0.333. The van der Waals surface area contributed by atoms with E-state index in [2.05, 4.69) is 47.6 Å². The highest BCUT2D eigenvalue weighted by atomic mass is 32.2. The zero-order valence-corrected chi connectivity index (χ0v) is 20.5. The van der Waals surface area contributed by atoms with Gasteiger partial charge in [0, 0.05) is 16.7 Å². The summed E-state index contributed by atoms with van der Waals surface area (Å²) in [5.41, 5.74) is 6.26. The summed E-state index contributed by atoms with van der Waals surface area (Å²) in [5.74, 6) is 1.74. The molecule has 6 heteroatoms. The molecule has 0 unspecified atom stereocenters. The van der Waals surface area contributed by atoms with Crippen molar-refractivity contribution in [2.75, 3.05) is 12.4 Å². The summed E-state index contributed by atoms with van der Waals surface area (Å²) in [7, 11) is 0. The van der Waals surface area contributed by atoms with Gasteiger partial charge in [-0.3, -0.25) is 4.79 Å². The smallest absolute Gasteiger partial charge is 0.260 e. The van der Waals surface area contributed by atoms with Crippen molar-refractivity contribution in [3.8, 4) is 16.9 Å². The van der Waals surface area contributed by atoms with Crippen molar-refractivity contribution in [2.24, 2.45) is 0 Å². The van der Waals surface area contributed by atoms with E-state index in [4.69, 9.17) is 9.72 Å². The van der Waals surface area contributed by atoms with E-state index < -0.39 is 0 Å². The van der Waals surface area contributed by atoms with Crippen molar-refractivity contribution in [1.82, 2.24) is 9.97 Å². The first-order valence-electron chi connectivity index (χ1n) is 11.7. The molecular formula is C27H28N2O2S2. The molecule has 4 aromatic rings. The number of ether oxygens (including phenoxy) is 1. The summed E-state index contributed by atoms with van der Waals surface area (Å²) in [4.78, 5) is 21.5. The number of nitrogens with one attached hydrogen (secondary N) is 1. The Balaban J connectivity index is 1.23. The lowest BCUT2D eigenvalue weighted by Gasteiger charge is -2.16. The van der Waals surface area contributed by atoms with Crippen LogP contribution in [0.25, 0.3) is 21.3 Å². The van der Waals surface area contributed by atoms with Gasteiger partial charge in [-0.1, -0.05) is 49.0 Å². The number of aromatic nitrogens is 2. The molecule has 0 amide bonds. The topological polar surface area (TPSA) is 55.0 Å². The summed E-state index contributed by atoms with van der Waals surface area (Å²) in [5, 5.41) is 3.46. The lowest BCUT2D eigenvalue weighted by Crippen LogP contribution is -2.09. The number of fused-ring (bicyclic) bond motifs is 2. The standard InChI is InChI=1S/C27H28N2O2S2/c1-2-18-8-12-22(13-9-18)31-14-5-15-32-27-28-25(30)24-23(17-33-26(24)29-27)21-11-10-19-6-3-4-7-20(19)16-21/h8-13,16-17H,2-7,14-15H2,1H3,(H,28,29,30). The number of nitrogens with zero attached hydrogens (tertiary/aromatic N) is 1. The molecule has 0 aliphatic heterocycles. The predicted octanol–water partition coefficient (Wildman–Crippen LogP) is 6.65. The Morgan fingerprint density at radius 2 is 1.91 bits per heavy atom. The van der Waals surface area contributed by atoms with Gasteiger partial charge in [-0.15, -0.1) is 11.3 Å². The minimum absolute atomic E-state index is 0.0521. The maximum Gasteiger partial charge on any atom is 0.260 e. The number of aryl methyl sites for hydroxylation is 3. The van der Waals surface area contributed by atoms with Crippen LogP contribution in [0.5, 0.6) is 5.75 Å². The highest BCUT2D eigenvalue weighted by Crippen LogP contribution is 2.34. The van der Waals surface area contributed by atoms with Crippen LogP contribution < -0.4 is 10.3 Å². The molecule has 0 fully saturated rings. The molecule has 2 aromatic carbocycles. The molecule has 0 spiro atoms. The monoisotopic (exact) mass is 476 g/mol. The molecule has 33 heavy (non-hydrogen) atoms. The van der Waals surface area contributed by atoms with Gasteiger partial charge in [-0.25, -0.2) is 4.98 Å². The van der Waals surface area contributed by atoms with Crippen molar-refractivity contribution in [3.63, 3.8) is 0 Å². The molecule has 0 saturated heterocycles. The van der Waals surface area contributed by atoms with Crippen molar-refractivity contribution in [1.29, 1.82) is 0 Å². The van der Waals surface area contributed by atoms with Crippen molar-refractivity contribution in [2.45, 2.75) is 50.6 Å². The third kappa shape index (κ3) is 5.02. The van der Waals surface area contributed by atoms with Gasteiger partial charge in [0.1, 0.15) is 10.6 Å². The zero-order valence-electron chi connectivity index (χ0n) is 18.9. The Morgan fingerprint density at radius 3 is 2.73 bits per heavy atom. The first-order valence-corrected chi connectivity index (χ1v) is 13.6. The molecular weight excluding hydrogens is 448 g/mol. The van der Waals surface area contributed by atoms with Crippen LogP contribution >= 0.6 is 23.1 Å². The summed E-state index contributed by atoms with van der Waals surface area (Å²) >= 11 is 3.12. The predicted molar refractivity (Wildman–Crippen MR) is 139 cm³/mol. The van der Waals surface area contributed by atoms with Crippen molar-refractivity contribution >= 4 is 33.3 Å². The second-order valence-corrected chi connectivity index (χ2v) is 10.4.